The molecule has 2 amide bonds. The van der Waals surface area contributed by atoms with Crippen LogP contribution in [0.15, 0.2) is 48.5 Å². The molecular formula is C25H24F6N2O4. The molecule has 0 aliphatic carbocycles. The lowest BCUT2D eigenvalue weighted by molar-refractivity contribution is -0.143. The van der Waals surface area contributed by atoms with Crippen LogP contribution in [-0.2, 0) is 17.1 Å². The van der Waals surface area contributed by atoms with Crippen LogP contribution in [0.4, 0.5) is 31.1 Å². The predicted molar refractivity (Wildman–Crippen MR) is 119 cm³/mol. The molecule has 200 valence electrons. The number of aliphatic hydroxyl groups excluding tert-OH is 1. The van der Waals surface area contributed by atoms with Gasteiger partial charge in [0.25, 0.3) is 5.91 Å². The zero-order chi connectivity index (χ0) is 27.0. The van der Waals surface area contributed by atoms with Crippen molar-refractivity contribution in [3.05, 3.63) is 70.8 Å². The van der Waals surface area contributed by atoms with Crippen LogP contribution in [0.5, 0.6) is 0 Å². The van der Waals surface area contributed by atoms with Crippen LogP contribution in [0.1, 0.15) is 45.8 Å². The van der Waals surface area contributed by atoms with Gasteiger partial charge in [-0.1, -0.05) is 30.3 Å². The second-order valence-electron chi connectivity index (χ2n) is 9.15. The monoisotopic (exact) mass is 530 g/mol. The van der Waals surface area contributed by atoms with Gasteiger partial charge in [-0.05, 0) is 23.8 Å². The summed E-state index contributed by atoms with van der Waals surface area (Å²) in [5.74, 6) is -1.28. The summed E-state index contributed by atoms with van der Waals surface area (Å²) in [6.45, 7) is -0.0112. The SMILES string of the molecule is O=C1OC2(CCN(C(=O)c3cc(C(F)(F)F)cc(C(F)(F)F)c3)CC2)C(c2ccccc2)CN1CCO. The molecule has 1 N–H and O–H groups in total. The first-order valence-corrected chi connectivity index (χ1v) is 11.6. The Bertz CT molecular complexity index is 1110. The Hall–Kier alpha value is -3.28. The highest BCUT2D eigenvalue weighted by Gasteiger charge is 2.51. The number of halogens is 6. The Morgan fingerprint density at radius 2 is 1.54 bits per heavy atom. The van der Waals surface area contributed by atoms with Gasteiger partial charge in [0.15, 0.2) is 0 Å². The highest BCUT2D eigenvalue weighted by atomic mass is 19.4. The fourth-order valence-corrected chi connectivity index (χ4v) is 4.97. The van der Waals surface area contributed by atoms with Crippen molar-refractivity contribution < 1.29 is 45.8 Å². The van der Waals surface area contributed by atoms with Crippen LogP contribution < -0.4 is 0 Å². The van der Waals surface area contributed by atoms with Gasteiger partial charge in [0, 0.05) is 50.5 Å². The van der Waals surface area contributed by atoms with Crippen LogP contribution in [0.25, 0.3) is 0 Å². The molecule has 2 aromatic rings. The maximum absolute atomic E-state index is 13.2. The number of hydrogen-bond donors (Lipinski definition) is 1. The molecule has 6 nitrogen and oxygen atoms in total. The smallest absolute Gasteiger partial charge is 0.416 e. The molecule has 2 aromatic carbocycles. The van der Waals surface area contributed by atoms with Crippen molar-refractivity contribution in [3.8, 4) is 0 Å². The lowest BCUT2D eigenvalue weighted by atomic mass is 9.74. The van der Waals surface area contributed by atoms with Gasteiger partial charge in [-0.25, -0.2) is 4.79 Å². The Morgan fingerprint density at radius 3 is 2.05 bits per heavy atom. The fraction of sp³-hybridized carbons (Fsp3) is 0.440. The van der Waals surface area contributed by atoms with Crippen molar-refractivity contribution in [2.45, 2.75) is 36.7 Å². The second-order valence-corrected chi connectivity index (χ2v) is 9.15. The van der Waals surface area contributed by atoms with Crippen LogP contribution in [0, 0.1) is 0 Å². The summed E-state index contributed by atoms with van der Waals surface area (Å²) in [4.78, 5) is 28.2. The van der Waals surface area contributed by atoms with Crippen LogP contribution in [0.2, 0.25) is 0 Å². The number of benzene rings is 2. The normalized spacial score (nSPS) is 20.2. The van der Waals surface area contributed by atoms with E-state index in [2.05, 4.69) is 0 Å². The summed E-state index contributed by atoms with van der Waals surface area (Å²) in [7, 11) is 0. The van der Waals surface area contributed by atoms with E-state index in [4.69, 9.17) is 4.74 Å². The number of aliphatic hydroxyl groups is 1. The highest BCUT2D eigenvalue weighted by molar-refractivity contribution is 5.94. The molecule has 0 saturated carbocycles. The van der Waals surface area contributed by atoms with E-state index in [0.717, 1.165) is 5.56 Å². The molecule has 1 unspecified atom stereocenters. The van der Waals surface area contributed by atoms with Crippen molar-refractivity contribution in [2.24, 2.45) is 0 Å². The van der Waals surface area contributed by atoms with E-state index in [9.17, 15) is 41.0 Å². The molecule has 0 radical (unpaired) electrons. The van der Waals surface area contributed by atoms with Crippen molar-refractivity contribution >= 4 is 12.0 Å². The third-order valence-corrected chi connectivity index (χ3v) is 6.89. The quantitative estimate of drug-likeness (QED) is 0.570. The molecule has 4 rings (SSSR count). The molecule has 2 fully saturated rings. The topological polar surface area (TPSA) is 70.1 Å². The van der Waals surface area contributed by atoms with Crippen molar-refractivity contribution in [3.63, 3.8) is 0 Å². The lowest BCUT2D eigenvalue weighted by Crippen LogP contribution is -2.59. The number of hydrogen-bond acceptors (Lipinski definition) is 4. The summed E-state index contributed by atoms with van der Waals surface area (Å²) in [5, 5.41) is 9.30. The Morgan fingerprint density at radius 1 is 0.973 bits per heavy atom. The van der Waals surface area contributed by atoms with E-state index < -0.39 is 46.6 Å². The number of rotatable bonds is 4. The van der Waals surface area contributed by atoms with Gasteiger partial charge >= 0.3 is 18.4 Å². The number of likely N-dealkylation sites (tertiary alicyclic amines) is 1. The average molecular weight is 530 g/mol. The molecule has 2 aliphatic heterocycles. The lowest BCUT2D eigenvalue weighted by Gasteiger charge is -2.50. The Kier molecular flexibility index (Phi) is 7.15. The van der Waals surface area contributed by atoms with Gasteiger partial charge in [0.1, 0.15) is 5.60 Å². The van der Waals surface area contributed by atoms with Crippen LogP contribution in [0.3, 0.4) is 0 Å². The highest BCUT2D eigenvalue weighted by Crippen LogP contribution is 2.44. The fourth-order valence-electron chi connectivity index (χ4n) is 4.97. The first-order chi connectivity index (χ1) is 17.3. The average Bonchev–Trinajstić information content (AvgIpc) is 2.85. The van der Waals surface area contributed by atoms with Gasteiger partial charge in [-0.3, -0.25) is 4.79 Å². The number of carbonyl (C=O) groups is 2. The standard InChI is InChI=1S/C25H24F6N2O4/c26-24(27,28)18-12-17(13-19(14-18)25(29,30)31)21(35)32-8-6-23(7-9-32)20(16-4-2-1-3-5-16)15-33(10-11-34)22(36)37-23/h1-5,12-14,20,34H,6-11,15H2. The van der Waals surface area contributed by atoms with E-state index in [1.165, 1.54) is 9.80 Å². The third kappa shape index (κ3) is 5.53. The van der Waals surface area contributed by atoms with Gasteiger partial charge in [0.05, 0.1) is 17.7 Å². The molecule has 12 heteroatoms. The van der Waals surface area contributed by atoms with Crippen LogP contribution >= 0.6 is 0 Å². The molecule has 1 atom stereocenters. The molecule has 2 heterocycles. The molecule has 1 spiro atoms. The molecule has 2 saturated heterocycles. The zero-order valence-corrected chi connectivity index (χ0v) is 19.5. The third-order valence-electron chi connectivity index (χ3n) is 6.89. The Labute approximate surface area is 208 Å². The number of ether oxygens (including phenoxy) is 1. The number of alkyl halides is 6. The van der Waals surface area contributed by atoms with Crippen molar-refractivity contribution in [2.75, 3.05) is 32.8 Å². The van der Waals surface area contributed by atoms with Crippen molar-refractivity contribution in [1.29, 1.82) is 0 Å². The largest absolute Gasteiger partial charge is 0.442 e. The van der Waals surface area contributed by atoms with Crippen molar-refractivity contribution in [1.82, 2.24) is 9.80 Å². The zero-order valence-electron chi connectivity index (χ0n) is 19.5. The van der Waals surface area contributed by atoms with Gasteiger partial charge in [-0.15, -0.1) is 0 Å². The van der Waals surface area contributed by atoms with E-state index in [1.54, 1.807) is 0 Å². The first kappa shape index (κ1) is 26.8. The van der Waals surface area contributed by atoms with Gasteiger partial charge in [-0.2, -0.15) is 26.3 Å². The molecule has 2 aliphatic rings. The predicted octanol–water partition coefficient (Wildman–Crippen LogP) is 4.93. The summed E-state index contributed by atoms with van der Waals surface area (Å²) in [6, 6.07) is 10.0. The molecule has 0 bridgehead atoms. The number of nitrogens with zero attached hydrogens (tertiary/aromatic N) is 2. The summed E-state index contributed by atoms with van der Waals surface area (Å²) in [6.07, 6.45) is -10.5. The number of β-amino-alcohol motifs (C(OH)–C–C–N with tert-alkyl or cyclic N) is 1. The maximum atomic E-state index is 13.2. The van der Waals surface area contributed by atoms with Gasteiger partial charge in [0.2, 0.25) is 0 Å². The minimum absolute atomic E-state index is 0.0218. The first-order valence-electron chi connectivity index (χ1n) is 11.6. The summed E-state index contributed by atoms with van der Waals surface area (Å²) < 4.78 is 85.3. The van der Waals surface area contributed by atoms with Crippen LogP contribution in [-0.4, -0.2) is 65.3 Å². The van der Waals surface area contributed by atoms with Gasteiger partial charge < -0.3 is 19.6 Å². The van der Waals surface area contributed by atoms with E-state index in [0.29, 0.717) is 12.1 Å². The number of amides is 2. The molecule has 37 heavy (non-hydrogen) atoms. The summed E-state index contributed by atoms with van der Waals surface area (Å²) >= 11 is 0. The summed E-state index contributed by atoms with van der Waals surface area (Å²) in [5.41, 5.74) is -3.99. The number of piperidine rings is 1. The number of carbonyl (C=O) groups excluding carboxylic acids is 2. The minimum Gasteiger partial charge on any atom is -0.442 e. The molecular weight excluding hydrogens is 506 g/mol. The Balaban J connectivity index is 1.59. The maximum Gasteiger partial charge on any atom is 0.416 e. The molecule has 0 aromatic heterocycles. The van der Waals surface area contributed by atoms with E-state index in [1.807, 2.05) is 30.3 Å². The minimum atomic E-state index is -5.07. The second kappa shape index (κ2) is 9.88. The van der Waals surface area contributed by atoms with E-state index in [-0.39, 0.29) is 57.6 Å². The van der Waals surface area contributed by atoms with E-state index >= 15 is 0 Å².